The van der Waals surface area contributed by atoms with Crippen molar-refractivity contribution in [2.75, 3.05) is 4.90 Å². The molecule has 4 heteroatoms. The maximum absolute atomic E-state index is 11.9. The number of nitrogens with zero attached hydrogens (tertiary/aromatic N) is 1. The number of rotatable bonds is 4. The van der Waals surface area contributed by atoms with Crippen LogP contribution in [0.5, 0.6) is 0 Å². The maximum atomic E-state index is 11.9. The Morgan fingerprint density at radius 3 is 1.67 bits per heavy atom. The van der Waals surface area contributed by atoms with Crippen molar-refractivity contribution in [3.8, 4) is 0 Å². The molecule has 4 rings (SSSR count). The lowest BCUT2D eigenvalue weighted by molar-refractivity contribution is -0.131. The number of carbonyl (C=O) groups excluding carboxylic acids is 1. The number of carbonyl (C=O) groups is 1. The van der Waals surface area contributed by atoms with Gasteiger partial charge < -0.3 is 14.7 Å². The third-order valence-corrected chi connectivity index (χ3v) is 4.36. The van der Waals surface area contributed by atoms with E-state index >= 15 is 0 Å². The molecule has 3 aromatic rings. The molecule has 1 aliphatic rings. The van der Waals surface area contributed by atoms with Crippen molar-refractivity contribution in [1.29, 1.82) is 0 Å². The third-order valence-electron chi connectivity index (χ3n) is 4.36. The fourth-order valence-electron chi connectivity index (χ4n) is 3.08. The topological polar surface area (TPSA) is 49.8 Å². The van der Waals surface area contributed by atoms with E-state index in [2.05, 4.69) is 11.5 Å². The number of hydrogen-bond acceptors (Lipinski definition) is 4. The van der Waals surface area contributed by atoms with Gasteiger partial charge in [-0.3, -0.25) is 0 Å². The average Bonchev–Trinajstić information content (AvgIpc) is 2.96. The van der Waals surface area contributed by atoms with Crippen LogP contribution in [0.1, 0.15) is 5.56 Å². The largest absolute Gasteiger partial charge is 0.504 e. The fourth-order valence-corrected chi connectivity index (χ4v) is 3.08. The quantitative estimate of drug-likeness (QED) is 0.628. The first kappa shape index (κ1) is 16.7. The summed E-state index contributed by atoms with van der Waals surface area (Å²) in [5.41, 5.74) is 3.69. The normalized spacial score (nSPS) is 13.6. The summed E-state index contributed by atoms with van der Waals surface area (Å²) in [6.45, 7) is 3.53. The first-order chi connectivity index (χ1) is 13.1. The first-order valence-electron chi connectivity index (χ1n) is 8.50. The number of hydrogen-bond donors (Lipinski definition) is 1. The highest BCUT2D eigenvalue weighted by molar-refractivity contribution is 6.20. The van der Waals surface area contributed by atoms with Gasteiger partial charge in [-0.05, 0) is 42.0 Å². The van der Waals surface area contributed by atoms with E-state index < -0.39 is 5.97 Å². The molecule has 0 atom stereocenters. The van der Waals surface area contributed by atoms with Gasteiger partial charge in [-0.25, -0.2) is 4.79 Å². The predicted octanol–water partition coefficient (Wildman–Crippen LogP) is 5.50. The van der Waals surface area contributed by atoms with Gasteiger partial charge in [0.15, 0.2) is 11.5 Å². The second-order valence-corrected chi connectivity index (χ2v) is 6.09. The zero-order valence-electron chi connectivity index (χ0n) is 14.5. The highest BCUT2D eigenvalue weighted by Crippen LogP contribution is 2.36. The summed E-state index contributed by atoms with van der Waals surface area (Å²) in [4.78, 5) is 14.1. The van der Waals surface area contributed by atoms with Crippen molar-refractivity contribution < 1.29 is 14.6 Å². The van der Waals surface area contributed by atoms with Crippen LogP contribution < -0.4 is 4.90 Å². The minimum atomic E-state index is -0.590. The summed E-state index contributed by atoms with van der Waals surface area (Å²) in [6, 6.07) is 27.4. The number of para-hydroxylation sites is 2. The van der Waals surface area contributed by atoms with Crippen LogP contribution >= 0.6 is 0 Å². The fraction of sp³-hybridized carbons (Fsp3) is 0. The van der Waals surface area contributed by atoms with Gasteiger partial charge in [-0.2, -0.15) is 0 Å². The summed E-state index contributed by atoms with van der Waals surface area (Å²) in [6.07, 6.45) is 0. The molecule has 1 heterocycles. The van der Waals surface area contributed by atoms with Crippen LogP contribution in [0.2, 0.25) is 0 Å². The molecule has 1 aliphatic heterocycles. The van der Waals surface area contributed by atoms with E-state index in [9.17, 15) is 9.90 Å². The van der Waals surface area contributed by atoms with Gasteiger partial charge in [0, 0.05) is 17.1 Å². The van der Waals surface area contributed by atoms with Crippen molar-refractivity contribution in [3.63, 3.8) is 0 Å². The molecule has 0 spiro atoms. The summed E-state index contributed by atoms with van der Waals surface area (Å²) in [7, 11) is 0. The standard InChI is InChI=1S/C23H17NO3/c1-16-22(25)21(23(26)27-16)17-12-14-20(15-13-17)24(18-8-4-2-5-9-18)19-10-6-3-7-11-19/h2-15,25H,1H2. The molecule has 0 radical (unpaired) electrons. The zero-order chi connectivity index (χ0) is 18.8. The summed E-state index contributed by atoms with van der Waals surface area (Å²) < 4.78 is 4.89. The third kappa shape index (κ3) is 3.09. The van der Waals surface area contributed by atoms with Crippen LogP contribution in [0.15, 0.2) is 103 Å². The number of benzene rings is 3. The van der Waals surface area contributed by atoms with Gasteiger partial charge in [0.25, 0.3) is 0 Å². The molecule has 4 nitrogen and oxygen atoms in total. The number of aliphatic hydroxyl groups is 1. The Bertz CT molecular complexity index is 983. The predicted molar refractivity (Wildman–Crippen MR) is 106 cm³/mol. The number of anilines is 3. The second kappa shape index (κ2) is 6.84. The number of aliphatic hydroxyl groups excluding tert-OH is 1. The molecule has 132 valence electrons. The summed E-state index contributed by atoms with van der Waals surface area (Å²) >= 11 is 0. The van der Waals surface area contributed by atoms with Gasteiger partial charge in [0.1, 0.15) is 5.57 Å². The van der Waals surface area contributed by atoms with E-state index in [4.69, 9.17) is 4.74 Å². The van der Waals surface area contributed by atoms with Crippen LogP contribution in [-0.2, 0) is 9.53 Å². The van der Waals surface area contributed by atoms with Crippen molar-refractivity contribution in [2.24, 2.45) is 0 Å². The maximum Gasteiger partial charge on any atom is 0.348 e. The SMILES string of the molecule is C=C1OC(=O)C(c2ccc(N(c3ccccc3)c3ccccc3)cc2)=C1O. The molecule has 3 aromatic carbocycles. The van der Waals surface area contributed by atoms with Crippen molar-refractivity contribution >= 4 is 28.6 Å². The monoisotopic (exact) mass is 355 g/mol. The van der Waals surface area contributed by atoms with Gasteiger partial charge >= 0.3 is 5.97 Å². The van der Waals surface area contributed by atoms with Crippen LogP contribution in [0.4, 0.5) is 17.1 Å². The van der Waals surface area contributed by atoms with Gasteiger partial charge in [-0.15, -0.1) is 0 Å². The van der Waals surface area contributed by atoms with E-state index in [1.807, 2.05) is 72.8 Å². The first-order valence-corrected chi connectivity index (χ1v) is 8.50. The van der Waals surface area contributed by atoms with Gasteiger partial charge in [0.05, 0.1) is 0 Å². The lowest BCUT2D eigenvalue weighted by Crippen LogP contribution is -2.09. The highest BCUT2D eigenvalue weighted by atomic mass is 16.6. The minimum absolute atomic E-state index is 0.0192. The lowest BCUT2D eigenvalue weighted by atomic mass is 10.0. The Hall–Kier alpha value is -3.79. The summed E-state index contributed by atoms with van der Waals surface area (Å²) in [5, 5.41) is 10.0. The molecule has 0 fully saturated rings. The Morgan fingerprint density at radius 1 is 0.741 bits per heavy atom. The second-order valence-electron chi connectivity index (χ2n) is 6.09. The molecule has 27 heavy (non-hydrogen) atoms. The average molecular weight is 355 g/mol. The van der Waals surface area contributed by atoms with Crippen molar-refractivity contribution in [2.45, 2.75) is 0 Å². The molecule has 0 aromatic heterocycles. The molecular formula is C23H17NO3. The Balaban J connectivity index is 1.76. The Kier molecular flexibility index (Phi) is 4.22. The van der Waals surface area contributed by atoms with Crippen molar-refractivity contribution in [3.05, 3.63) is 109 Å². The minimum Gasteiger partial charge on any atom is -0.504 e. The van der Waals surface area contributed by atoms with Crippen LogP contribution in [-0.4, -0.2) is 11.1 Å². The van der Waals surface area contributed by atoms with E-state index in [0.29, 0.717) is 5.56 Å². The molecular weight excluding hydrogens is 338 g/mol. The van der Waals surface area contributed by atoms with Crippen LogP contribution in [0.3, 0.4) is 0 Å². The zero-order valence-corrected chi connectivity index (χ0v) is 14.5. The van der Waals surface area contributed by atoms with Gasteiger partial charge in [0.2, 0.25) is 0 Å². The van der Waals surface area contributed by atoms with E-state index in [1.54, 1.807) is 12.1 Å². The van der Waals surface area contributed by atoms with Crippen LogP contribution in [0, 0.1) is 0 Å². The molecule has 0 amide bonds. The molecule has 0 saturated heterocycles. The number of ether oxygens (including phenoxy) is 1. The van der Waals surface area contributed by atoms with E-state index in [0.717, 1.165) is 17.1 Å². The van der Waals surface area contributed by atoms with E-state index in [1.165, 1.54) is 0 Å². The smallest absolute Gasteiger partial charge is 0.348 e. The lowest BCUT2D eigenvalue weighted by Gasteiger charge is -2.25. The Labute approximate surface area is 157 Å². The Morgan fingerprint density at radius 2 is 1.22 bits per heavy atom. The molecule has 0 unspecified atom stereocenters. The number of cyclic esters (lactones) is 1. The van der Waals surface area contributed by atoms with E-state index in [-0.39, 0.29) is 17.1 Å². The van der Waals surface area contributed by atoms with Crippen molar-refractivity contribution in [1.82, 2.24) is 0 Å². The molecule has 0 aliphatic carbocycles. The highest BCUT2D eigenvalue weighted by Gasteiger charge is 2.29. The summed E-state index contributed by atoms with van der Waals surface area (Å²) in [5.74, 6) is -0.821. The molecule has 1 N–H and O–H groups in total. The van der Waals surface area contributed by atoms with Crippen LogP contribution in [0.25, 0.3) is 5.57 Å². The number of esters is 1. The van der Waals surface area contributed by atoms with Gasteiger partial charge in [-0.1, -0.05) is 55.1 Å². The molecule has 0 saturated carbocycles. The molecule has 0 bridgehead atoms.